The maximum absolute atomic E-state index is 12.0. The molecule has 0 saturated carbocycles. The van der Waals surface area contributed by atoms with Gasteiger partial charge in [-0.05, 0) is 0 Å². The predicted molar refractivity (Wildman–Crippen MR) is 80.3 cm³/mol. The number of nitrogens with two attached hydrogens (primary N) is 1. The summed E-state index contributed by atoms with van der Waals surface area (Å²) in [6, 6.07) is 1.24. The molecule has 1 saturated heterocycles. The van der Waals surface area contributed by atoms with Crippen molar-refractivity contribution in [3.05, 3.63) is 41.5 Å². The molecule has 9 nitrogen and oxygen atoms in total. The van der Waals surface area contributed by atoms with Crippen molar-refractivity contribution in [2.45, 2.75) is 30.6 Å². The summed E-state index contributed by atoms with van der Waals surface area (Å²) in [6.07, 6.45) is -2.18. The van der Waals surface area contributed by atoms with E-state index in [-0.39, 0.29) is 22.3 Å². The fraction of sp³-hybridized carbons (Fsp3) is 0.357. The van der Waals surface area contributed by atoms with Gasteiger partial charge in [-0.3, -0.25) is 4.79 Å². The zero-order valence-electron chi connectivity index (χ0n) is 12.0. The Morgan fingerprint density at radius 1 is 1.39 bits per heavy atom. The molecule has 3 rings (SSSR count). The molecule has 5 N–H and O–H groups in total. The topological polar surface area (TPSA) is 144 Å². The van der Waals surface area contributed by atoms with Gasteiger partial charge in [0.2, 0.25) is 0 Å². The standard InChI is InChI=1S/C14H16N4O5/c1-2-6(19)11-9(21)10(22)14(23-11)18-4-3-7(20)8-12(15)16-5-17-13(8)18/h2-6,9-11,14,19,21-22H,1H2,(H2,15,16,17)/t6?,9-,10+,11+,14+/m0/s1. The highest BCUT2D eigenvalue weighted by Crippen LogP contribution is 2.32. The summed E-state index contributed by atoms with van der Waals surface area (Å²) in [5, 5.41) is 30.2. The van der Waals surface area contributed by atoms with Crippen molar-refractivity contribution in [2.75, 3.05) is 5.73 Å². The molecule has 2 aromatic rings. The van der Waals surface area contributed by atoms with Crippen LogP contribution in [-0.4, -0.2) is 54.3 Å². The second-order valence-electron chi connectivity index (χ2n) is 5.24. The van der Waals surface area contributed by atoms with Crippen LogP contribution in [-0.2, 0) is 4.74 Å². The highest BCUT2D eigenvalue weighted by molar-refractivity contribution is 5.84. The van der Waals surface area contributed by atoms with Crippen LogP contribution in [0, 0.1) is 0 Å². The third kappa shape index (κ3) is 2.39. The Hall–Kier alpha value is -2.33. The number of aliphatic hydroxyl groups is 3. The fourth-order valence-corrected chi connectivity index (χ4v) is 2.66. The molecule has 1 fully saturated rings. The number of nitrogen functional groups attached to an aromatic ring is 1. The lowest BCUT2D eigenvalue weighted by Gasteiger charge is -2.20. The van der Waals surface area contributed by atoms with Gasteiger partial charge in [-0.1, -0.05) is 6.08 Å². The van der Waals surface area contributed by atoms with E-state index in [1.54, 1.807) is 0 Å². The molecular weight excluding hydrogens is 304 g/mol. The van der Waals surface area contributed by atoms with Gasteiger partial charge in [0.05, 0.1) is 0 Å². The molecule has 5 atom stereocenters. The average molecular weight is 320 g/mol. The van der Waals surface area contributed by atoms with Gasteiger partial charge in [0.1, 0.15) is 41.9 Å². The number of hydrogen-bond donors (Lipinski definition) is 4. The van der Waals surface area contributed by atoms with E-state index in [0.717, 1.165) is 0 Å². The Morgan fingerprint density at radius 3 is 2.83 bits per heavy atom. The Morgan fingerprint density at radius 2 is 2.13 bits per heavy atom. The van der Waals surface area contributed by atoms with Gasteiger partial charge in [0, 0.05) is 12.3 Å². The molecule has 2 aromatic heterocycles. The number of fused-ring (bicyclic) bond motifs is 1. The lowest BCUT2D eigenvalue weighted by molar-refractivity contribution is -0.0697. The van der Waals surface area contributed by atoms with Crippen LogP contribution < -0.4 is 11.2 Å². The van der Waals surface area contributed by atoms with Gasteiger partial charge in [0.25, 0.3) is 0 Å². The number of ether oxygens (including phenoxy) is 1. The molecule has 0 spiro atoms. The molecule has 122 valence electrons. The number of anilines is 1. The Balaban J connectivity index is 2.11. The lowest BCUT2D eigenvalue weighted by Crippen LogP contribution is -2.37. The van der Waals surface area contributed by atoms with Gasteiger partial charge in [-0.2, -0.15) is 0 Å². The quantitative estimate of drug-likeness (QED) is 0.502. The van der Waals surface area contributed by atoms with Gasteiger partial charge in [-0.25, -0.2) is 9.97 Å². The Labute approximate surface area is 130 Å². The van der Waals surface area contributed by atoms with Crippen LogP contribution >= 0.6 is 0 Å². The molecule has 1 aliphatic rings. The SMILES string of the molecule is C=CC(O)[C@H]1O[C@@H](n2ccc(=O)c3c(N)ncnc32)[C@H](O)[C@@H]1O. The van der Waals surface area contributed by atoms with Crippen LogP contribution in [0.25, 0.3) is 11.0 Å². The number of nitrogens with zero attached hydrogens (tertiary/aromatic N) is 3. The molecule has 1 aliphatic heterocycles. The van der Waals surface area contributed by atoms with Crippen LogP contribution in [0.4, 0.5) is 5.82 Å². The van der Waals surface area contributed by atoms with Crippen molar-refractivity contribution >= 4 is 16.9 Å². The lowest BCUT2D eigenvalue weighted by atomic mass is 10.1. The first-order valence-corrected chi connectivity index (χ1v) is 6.89. The second-order valence-corrected chi connectivity index (χ2v) is 5.24. The van der Waals surface area contributed by atoms with Crippen molar-refractivity contribution in [1.29, 1.82) is 0 Å². The maximum Gasteiger partial charge on any atom is 0.194 e. The highest BCUT2D eigenvalue weighted by Gasteiger charge is 2.46. The molecule has 0 bridgehead atoms. The molecule has 9 heteroatoms. The van der Waals surface area contributed by atoms with E-state index in [4.69, 9.17) is 10.5 Å². The van der Waals surface area contributed by atoms with Gasteiger partial charge >= 0.3 is 0 Å². The van der Waals surface area contributed by atoms with Crippen LogP contribution in [0.1, 0.15) is 6.23 Å². The summed E-state index contributed by atoms with van der Waals surface area (Å²) in [7, 11) is 0. The molecule has 0 amide bonds. The number of aliphatic hydroxyl groups excluding tert-OH is 3. The van der Waals surface area contributed by atoms with Crippen LogP contribution in [0.2, 0.25) is 0 Å². The normalized spacial score (nSPS) is 28.8. The van der Waals surface area contributed by atoms with Crippen molar-refractivity contribution in [1.82, 2.24) is 14.5 Å². The summed E-state index contributed by atoms with van der Waals surface area (Å²) in [5.41, 5.74) is 5.50. The Kier molecular flexibility index (Phi) is 3.86. The number of rotatable bonds is 3. The third-order valence-electron chi connectivity index (χ3n) is 3.86. The summed E-state index contributed by atoms with van der Waals surface area (Å²) in [5.74, 6) is 0.00469. The summed E-state index contributed by atoms with van der Waals surface area (Å²) >= 11 is 0. The predicted octanol–water partition coefficient (Wildman–Crippen LogP) is -1.46. The molecule has 0 aliphatic carbocycles. The van der Waals surface area contributed by atoms with Crippen LogP contribution in [0.5, 0.6) is 0 Å². The smallest absolute Gasteiger partial charge is 0.194 e. The number of pyridine rings is 1. The molecule has 0 radical (unpaired) electrons. The number of aromatic nitrogens is 3. The van der Waals surface area contributed by atoms with Crippen molar-refractivity contribution < 1.29 is 20.1 Å². The van der Waals surface area contributed by atoms with Crippen molar-refractivity contribution in [3.8, 4) is 0 Å². The van der Waals surface area contributed by atoms with Crippen molar-refractivity contribution in [2.24, 2.45) is 0 Å². The van der Waals surface area contributed by atoms with E-state index in [0.29, 0.717) is 0 Å². The molecule has 3 heterocycles. The zero-order valence-corrected chi connectivity index (χ0v) is 12.0. The van der Waals surface area contributed by atoms with E-state index in [2.05, 4.69) is 16.5 Å². The summed E-state index contributed by atoms with van der Waals surface area (Å²) in [4.78, 5) is 19.7. The first kappa shape index (κ1) is 15.6. The Bertz CT molecular complexity index is 807. The van der Waals surface area contributed by atoms with E-state index in [1.807, 2.05) is 0 Å². The zero-order chi connectivity index (χ0) is 16.7. The minimum atomic E-state index is -1.34. The van der Waals surface area contributed by atoms with Crippen LogP contribution in [0.15, 0.2) is 36.0 Å². The van der Waals surface area contributed by atoms with E-state index in [9.17, 15) is 20.1 Å². The first-order chi connectivity index (χ1) is 11.0. The second kappa shape index (κ2) is 5.70. The molecular formula is C14H16N4O5. The molecule has 0 aromatic carbocycles. The van der Waals surface area contributed by atoms with Crippen LogP contribution in [0.3, 0.4) is 0 Å². The summed E-state index contributed by atoms with van der Waals surface area (Å²) < 4.78 is 6.92. The largest absolute Gasteiger partial charge is 0.387 e. The minimum Gasteiger partial charge on any atom is -0.387 e. The van der Waals surface area contributed by atoms with Crippen molar-refractivity contribution in [3.63, 3.8) is 0 Å². The molecule has 1 unspecified atom stereocenters. The fourth-order valence-electron chi connectivity index (χ4n) is 2.66. The van der Waals surface area contributed by atoms with Gasteiger partial charge in [0.15, 0.2) is 17.3 Å². The average Bonchev–Trinajstić information content (AvgIpc) is 2.83. The minimum absolute atomic E-state index is 0.00469. The maximum atomic E-state index is 12.0. The monoisotopic (exact) mass is 320 g/mol. The molecule has 23 heavy (non-hydrogen) atoms. The first-order valence-electron chi connectivity index (χ1n) is 6.89. The summed E-state index contributed by atoms with van der Waals surface area (Å²) in [6.45, 7) is 3.43. The third-order valence-corrected chi connectivity index (χ3v) is 3.86. The van der Waals surface area contributed by atoms with Gasteiger partial charge < -0.3 is 30.4 Å². The number of hydrogen-bond acceptors (Lipinski definition) is 8. The van der Waals surface area contributed by atoms with E-state index < -0.39 is 30.6 Å². The van der Waals surface area contributed by atoms with E-state index >= 15 is 0 Å². The highest BCUT2D eigenvalue weighted by atomic mass is 16.6. The van der Waals surface area contributed by atoms with Gasteiger partial charge in [-0.15, -0.1) is 6.58 Å². The van der Waals surface area contributed by atoms with E-state index in [1.165, 1.54) is 29.2 Å².